The lowest BCUT2D eigenvalue weighted by molar-refractivity contribution is 0.344. The third kappa shape index (κ3) is 1.19. The highest BCUT2D eigenvalue weighted by atomic mass is 32.2. The molecule has 0 unspecified atom stereocenters. The van der Waals surface area contributed by atoms with Crippen LogP contribution in [0.4, 0.5) is 0 Å². The van der Waals surface area contributed by atoms with Crippen molar-refractivity contribution in [2.75, 3.05) is 6.26 Å². The van der Waals surface area contributed by atoms with E-state index in [4.69, 9.17) is 0 Å². The first-order valence-corrected chi connectivity index (χ1v) is 6.09. The SMILES string of the molecule is CS(=O)(=O)N1[C@H]2CC=C[C@H]1CC2. The second-order valence-corrected chi connectivity index (χ2v) is 5.44. The summed E-state index contributed by atoms with van der Waals surface area (Å²) in [6, 6.07) is 0.397. The van der Waals surface area contributed by atoms with Crippen molar-refractivity contribution in [3.63, 3.8) is 0 Å². The number of hydrogen-bond acceptors (Lipinski definition) is 2. The van der Waals surface area contributed by atoms with Gasteiger partial charge in [-0.15, -0.1) is 0 Å². The highest BCUT2D eigenvalue weighted by molar-refractivity contribution is 7.88. The molecule has 0 aliphatic carbocycles. The first-order valence-electron chi connectivity index (χ1n) is 4.24. The van der Waals surface area contributed by atoms with Gasteiger partial charge in [0.15, 0.2) is 0 Å². The normalized spacial score (nSPS) is 35.8. The Kier molecular flexibility index (Phi) is 1.77. The van der Waals surface area contributed by atoms with Gasteiger partial charge in [0, 0.05) is 12.1 Å². The molecule has 1 fully saturated rings. The van der Waals surface area contributed by atoms with Crippen LogP contribution in [0.3, 0.4) is 0 Å². The summed E-state index contributed by atoms with van der Waals surface area (Å²) in [5, 5.41) is 0. The van der Waals surface area contributed by atoms with E-state index in [1.165, 1.54) is 6.26 Å². The average Bonchev–Trinajstić information content (AvgIpc) is 2.23. The quantitative estimate of drug-likeness (QED) is 0.568. The molecular weight excluding hydrogens is 174 g/mol. The zero-order chi connectivity index (χ0) is 8.77. The van der Waals surface area contributed by atoms with Gasteiger partial charge in [0.05, 0.1) is 6.26 Å². The van der Waals surface area contributed by atoms with Crippen LogP contribution in [-0.2, 0) is 10.0 Å². The Morgan fingerprint density at radius 1 is 1.42 bits per heavy atom. The predicted octanol–water partition coefficient (Wildman–Crippen LogP) is 0.739. The Bertz CT molecular complexity index is 307. The van der Waals surface area contributed by atoms with Gasteiger partial charge < -0.3 is 0 Å². The van der Waals surface area contributed by atoms with Gasteiger partial charge in [-0.05, 0) is 19.3 Å². The van der Waals surface area contributed by atoms with Crippen molar-refractivity contribution < 1.29 is 8.42 Å². The molecule has 0 aromatic rings. The summed E-state index contributed by atoms with van der Waals surface area (Å²) in [5.41, 5.74) is 0. The molecule has 2 aliphatic heterocycles. The molecule has 0 aromatic carbocycles. The zero-order valence-electron chi connectivity index (χ0n) is 7.10. The van der Waals surface area contributed by atoms with E-state index in [1.807, 2.05) is 6.08 Å². The van der Waals surface area contributed by atoms with Crippen molar-refractivity contribution in [1.82, 2.24) is 4.31 Å². The minimum atomic E-state index is -2.98. The van der Waals surface area contributed by atoms with Gasteiger partial charge in [-0.2, -0.15) is 4.31 Å². The fourth-order valence-corrected chi connectivity index (χ4v) is 3.60. The standard InChI is InChI=1S/C8H13NO2S/c1-12(10,11)9-7-3-2-4-8(9)6-5-7/h2-3,7-8H,4-6H2,1H3/t7-,8-/m0/s1. The van der Waals surface area contributed by atoms with Crippen molar-refractivity contribution in [2.45, 2.75) is 31.3 Å². The van der Waals surface area contributed by atoms with Crippen molar-refractivity contribution >= 4 is 10.0 Å². The van der Waals surface area contributed by atoms with E-state index in [0.717, 1.165) is 19.3 Å². The Labute approximate surface area is 73.1 Å². The van der Waals surface area contributed by atoms with Gasteiger partial charge >= 0.3 is 0 Å². The molecule has 0 spiro atoms. The molecule has 0 aromatic heterocycles. The van der Waals surface area contributed by atoms with Crippen LogP contribution in [0.2, 0.25) is 0 Å². The fourth-order valence-electron chi connectivity index (χ4n) is 2.20. The molecule has 0 saturated carbocycles. The minimum absolute atomic E-state index is 0.152. The zero-order valence-corrected chi connectivity index (χ0v) is 7.92. The minimum Gasteiger partial charge on any atom is -0.212 e. The largest absolute Gasteiger partial charge is 0.212 e. The molecule has 2 rings (SSSR count). The summed E-state index contributed by atoms with van der Waals surface area (Å²) in [5.74, 6) is 0. The topological polar surface area (TPSA) is 37.4 Å². The summed E-state index contributed by atoms with van der Waals surface area (Å²) in [6.07, 6.45) is 8.33. The molecule has 2 atom stereocenters. The van der Waals surface area contributed by atoms with E-state index in [0.29, 0.717) is 0 Å². The summed E-state index contributed by atoms with van der Waals surface area (Å²) >= 11 is 0. The second kappa shape index (κ2) is 2.57. The molecular formula is C8H13NO2S. The van der Waals surface area contributed by atoms with Crippen LogP contribution in [0.5, 0.6) is 0 Å². The van der Waals surface area contributed by atoms with E-state index in [1.54, 1.807) is 4.31 Å². The first kappa shape index (κ1) is 8.26. The van der Waals surface area contributed by atoms with Crippen molar-refractivity contribution in [3.05, 3.63) is 12.2 Å². The van der Waals surface area contributed by atoms with Gasteiger partial charge in [0.25, 0.3) is 0 Å². The highest BCUT2D eigenvalue weighted by Crippen LogP contribution is 2.33. The fraction of sp³-hybridized carbons (Fsp3) is 0.750. The summed E-state index contributed by atoms with van der Waals surface area (Å²) < 4.78 is 24.3. The Balaban J connectivity index is 2.35. The van der Waals surface area contributed by atoms with Crippen LogP contribution in [0.15, 0.2) is 12.2 Å². The predicted molar refractivity (Wildman–Crippen MR) is 47.2 cm³/mol. The second-order valence-electron chi connectivity index (χ2n) is 3.56. The Morgan fingerprint density at radius 2 is 2.17 bits per heavy atom. The molecule has 1 saturated heterocycles. The van der Waals surface area contributed by atoms with Gasteiger partial charge in [-0.25, -0.2) is 8.42 Å². The van der Waals surface area contributed by atoms with Gasteiger partial charge in [0.2, 0.25) is 10.0 Å². The summed E-state index contributed by atoms with van der Waals surface area (Å²) in [7, 11) is -2.98. The third-order valence-corrected chi connectivity index (χ3v) is 3.97. The average molecular weight is 187 g/mol. The third-order valence-electron chi connectivity index (χ3n) is 2.63. The highest BCUT2D eigenvalue weighted by Gasteiger charge is 2.39. The van der Waals surface area contributed by atoms with E-state index in [-0.39, 0.29) is 12.1 Å². The van der Waals surface area contributed by atoms with E-state index < -0.39 is 10.0 Å². The van der Waals surface area contributed by atoms with Crippen LogP contribution < -0.4 is 0 Å². The molecule has 2 bridgehead atoms. The maximum absolute atomic E-state index is 11.3. The van der Waals surface area contributed by atoms with Crippen LogP contribution in [0.1, 0.15) is 19.3 Å². The van der Waals surface area contributed by atoms with Gasteiger partial charge in [0.1, 0.15) is 0 Å². The van der Waals surface area contributed by atoms with Crippen molar-refractivity contribution in [1.29, 1.82) is 0 Å². The molecule has 0 amide bonds. The van der Waals surface area contributed by atoms with Crippen molar-refractivity contribution in [3.8, 4) is 0 Å². The van der Waals surface area contributed by atoms with Crippen LogP contribution in [0, 0.1) is 0 Å². The molecule has 0 radical (unpaired) electrons. The molecule has 0 N–H and O–H groups in total. The monoisotopic (exact) mass is 187 g/mol. The summed E-state index contributed by atoms with van der Waals surface area (Å²) in [6.45, 7) is 0. The molecule has 2 heterocycles. The maximum Gasteiger partial charge on any atom is 0.212 e. The molecule has 2 aliphatic rings. The number of fused-ring (bicyclic) bond motifs is 2. The summed E-state index contributed by atoms with van der Waals surface area (Å²) in [4.78, 5) is 0. The molecule has 3 nitrogen and oxygen atoms in total. The van der Waals surface area contributed by atoms with Crippen LogP contribution in [-0.4, -0.2) is 31.1 Å². The van der Waals surface area contributed by atoms with E-state index in [2.05, 4.69) is 6.08 Å². The van der Waals surface area contributed by atoms with Crippen LogP contribution >= 0.6 is 0 Å². The lowest BCUT2D eigenvalue weighted by Gasteiger charge is -2.28. The first-order chi connectivity index (χ1) is 5.59. The lowest BCUT2D eigenvalue weighted by atomic mass is 10.2. The van der Waals surface area contributed by atoms with Gasteiger partial charge in [-0.1, -0.05) is 12.2 Å². The van der Waals surface area contributed by atoms with E-state index >= 15 is 0 Å². The van der Waals surface area contributed by atoms with Crippen LogP contribution in [0.25, 0.3) is 0 Å². The number of hydrogen-bond donors (Lipinski definition) is 0. The number of nitrogens with zero attached hydrogens (tertiary/aromatic N) is 1. The van der Waals surface area contributed by atoms with Crippen molar-refractivity contribution in [2.24, 2.45) is 0 Å². The lowest BCUT2D eigenvalue weighted by Crippen LogP contribution is -2.41. The molecule has 4 heteroatoms. The Morgan fingerprint density at radius 3 is 2.67 bits per heavy atom. The molecule has 12 heavy (non-hydrogen) atoms. The Hall–Kier alpha value is -0.350. The number of sulfonamides is 1. The van der Waals surface area contributed by atoms with E-state index in [9.17, 15) is 8.42 Å². The van der Waals surface area contributed by atoms with Gasteiger partial charge in [-0.3, -0.25) is 0 Å². The maximum atomic E-state index is 11.3. The molecule has 68 valence electrons. The number of rotatable bonds is 1. The smallest absolute Gasteiger partial charge is 0.212 e.